The smallest absolute Gasteiger partial charge is 0.328 e. The fourth-order valence-corrected chi connectivity index (χ4v) is 3.50. The maximum absolute atomic E-state index is 14.3. The number of carbonyl (C=O) groups is 2. The Morgan fingerprint density at radius 2 is 2.00 bits per heavy atom. The summed E-state index contributed by atoms with van der Waals surface area (Å²) in [7, 11) is 0. The summed E-state index contributed by atoms with van der Waals surface area (Å²) in [5.41, 5.74) is 1.03. The average Bonchev–Trinajstić information content (AvgIpc) is 3.36. The second kappa shape index (κ2) is 7.07. The summed E-state index contributed by atoms with van der Waals surface area (Å²) in [4.78, 5) is 25.7. The molecule has 1 aliphatic carbocycles. The second-order valence-electron chi connectivity index (χ2n) is 6.43. The number of Topliss-reactive ketones (excluding diaryl/α,β-unsaturated/α-hetero) is 1. The molecule has 2 fully saturated rings. The lowest BCUT2D eigenvalue weighted by Crippen LogP contribution is -2.42. The van der Waals surface area contributed by atoms with Gasteiger partial charge in [0.15, 0.2) is 5.78 Å². The lowest BCUT2D eigenvalue weighted by Gasteiger charge is -2.37. The average molecular weight is 349 g/mol. The SMILES string of the molecule is O=C(O)/C=C1/CN([C@H](C(=O)C2CC2)c2ccccc2F)CC[C@H]1S. The molecule has 0 spiro atoms. The van der Waals surface area contributed by atoms with Crippen LogP contribution in [0.4, 0.5) is 4.39 Å². The number of hydrogen-bond donors (Lipinski definition) is 2. The molecule has 3 rings (SSSR count). The van der Waals surface area contributed by atoms with E-state index in [0.29, 0.717) is 30.6 Å². The molecule has 128 valence electrons. The number of aliphatic carboxylic acids is 1. The van der Waals surface area contributed by atoms with Crippen molar-refractivity contribution in [1.29, 1.82) is 0 Å². The molecule has 0 bridgehead atoms. The van der Waals surface area contributed by atoms with Gasteiger partial charge >= 0.3 is 5.97 Å². The van der Waals surface area contributed by atoms with Gasteiger partial charge in [-0.25, -0.2) is 9.18 Å². The summed E-state index contributed by atoms with van der Waals surface area (Å²) in [6, 6.07) is 5.69. The van der Waals surface area contributed by atoms with Gasteiger partial charge in [0.25, 0.3) is 0 Å². The van der Waals surface area contributed by atoms with Gasteiger partial charge in [-0.2, -0.15) is 12.6 Å². The molecule has 0 unspecified atom stereocenters. The van der Waals surface area contributed by atoms with E-state index in [0.717, 1.165) is 18.9 Å². The zero-order valence-corrected chi connectivity index (χ0v) is 14.1. The van der Waals surface area contributed by atoms with Crippen LogP contribution in [-0.4, -0.2) is 40.1 Å². The van der Waals surface area contributed by atoms with Gasteiger partial charge < -0.3 is 5.11 Å². The first kappa shape index (κ1) is 17.2. The van der Waals surface area contributed by atoms with E-state index in [4.69, 9.17) is 5.11 Å². The monoisotopic (exact) mass is 349 g/mol. The van der Waals surface area contributed by atoms with Gasteiger partial charge in [0, 0.05) is 35.9 Å². The zero-order chi connectivity index (χ0) is 17.3. The van der Waals surface area contributed by atoms with Crippen LogP contribution in [0.1, 0.15) is 30.9 Å². The summed E-state index contributed by atoms with van der Waals surface area (Å²) in [5, 5.41) is 8.88. The number of carboxylic acid groups (broad SMARTS) is 1. The Labute approximate surface area is 145 Å². The molecule has 0 radical (unpaired) electrons. The predicted octanol–water partition coefficient (Wildman–Crippen LogP) is 2.86. The van der Waals surface area contributed by atoms with Crippen molar-refractivity contribution in [1.82, 2.24) is 4.90 Å². The van der Waals surface area contributed by atoms with E-state index in [2.05, 4.69) is 12.6 Å². The summed E-state index contributed by atoms with van der Waals surface area (Å²) in [6.45, 7) is 0.903. The van der Waals surface area contributed by atoms with E-state index < -0.39 is 17.8 Å². The van der Waals surface area contributed by atoms with Crippen LogP contribution in [-0.2, 0) is 9.59 Å². The topological polar surface area (TPSA) is 57.6 Å². The molecule has 1 N–H and O–H groups in total. The number of carboxylic acids is 1. The number of hydrogen-bond acceptors (Lipinski definition) is 4. The summed E-state index contributed by atoms with van der Waals surface area (Å²) in [6.07, 6.45) is 3.49. The van der Waals surface area contributed by atoms with Crippen LogP contribution in [0.5, 0.6) is 0 Å². The first-order chi connectivity index (χ1) is 11.5. The minimum absolute atomic E-state index is 0.00441. The van der Waals surface area contributed by atoms with Gasteiger partial charge in [-0.05, 0) is 30.9 Å². The number of ketones is 1. The van der Waals surface area contributed by atoms with Crippen LogP contribution in [0.25, 0.3) is 0 Å². The molecule has 0 aromatic heterocycles. The van der Waals surface area contributed by atoms with Gasteiger partial charge in [0.05, 0.1) is 6.04 Å². The minimum atomic E-state index is -1.03. The molecule has 1 saturated carbocycles. The van der Waals surface area contributed by atoms with Crippen molar-refractivity contribution >= 4 is 24.4 Å². The summed E-state index contributed by atoms with van der Waals surface area (Å²) < 4.78 is 14.3. The highest BCUT2D eigenvalue weighted by atomic mass is 32.1. The van der Waals surface area contributed by atoms with E-state index in [1.54, 1.807) is 18.2 Å². The van der Waals surface area contributed by atoms with Gasteiger partial charge in [0.2, 0.25) is 0 Å². The number of piperidine rings is 1. The fourth-order valence-electron chi connectivity index (χ4n) is 3.23. The van der Waals surface area contributed by atoms with Gasteiger partial charge in [-0.3, -0.25) is 9.69 Å². The Morgan fingerprint density at radius 1 is 1.29 bits per heavy atom. The minimum Gasteiger partial charge on any atom is -0.478 e. The molecule has 4 nitrogen and oxygen atoms in total. The molecule has 1 heterocycles. The first-order valence-electron chi connectivity index (χ1n) is 8.11. The van der Waals surface area contributed by atoms with Crippen molar-refractivity contribution in [2.45, 2.75) is 30.6 Å². The van der Waals surface area contributed by atoms with E-state index in [1.807, 2.05) is 4.90 Å². The maximum atomic E-state index is 14.3. The number of halogens is 1. The van der Waals surface area contributed by atoms with E-state index >= 15 is 0 Å². The summed E-state index contributed by atoms with van der Waals surface area (Å²) in [5.74, 6) is -1.39. The van der Waals surface area contributed by atoms with Gasteiger partial charge in [-0.15, -0.1) is 0 Å². The Kier molecular flexibility index (Phi) is 5.06. The first-order valence-corrected chi connectivity index (χ1v) is 8.62. The summed E-state index contributed by atoms with van der Waals surface area (Å²) >= 11 is 4.44. The van der Waals surface area contributed by atoms with E-state index in [-0.39, 0.29) is 17.0 Å². The third-order valence-electron chi connectivity index (χ3n) is 4.63. The van der Waals surface area contributed by atoms with Crippen LogP contribution < -0.4 is 0 Å². The van der Waals surface area contributed by atoms with Crippen molar-refractivity contribution < 1.29 is 19.1 Å². The Hall–Kier alpha value is -1.66. The molecule has 1 saturated heterocycles. The van der Waals surface area contributed by atoms with Crippen LogP contribution in [0, 0.1) is 11.7 Å². The van der Waals surface area contributed by atoms with Gasteiger partial charge in [0.1, 0.15) is 5.82 Å². The highest BCUT2D eigenvalue weighted by molar-refractivity contribution is 7.81. The third kappa shape index (κ3) is 3.70. The lowest BCUT2D eigenvalue weighted by molar-refractivity contribution is -0.131. The molecule has 2 atom stereocenters. The molecular formula is C18H20FNO3S. The Bertz CT molecular complexity index is 687. The van der Waals surface area contributed by atoms with Gasteiger partial charge in [-0.1, -0.05) is 18.2 Å². The number of nitrogens with zero attached hydrogens (tertiary/aromatic N) is 1. The van der Waals surface area contributed by atoms with Crippen LogP contribution >= 0.6 is 12.6 Å². The molecule has 1 aliphatic heterocycles. The van der Waals surface area contributed by atoms with Crippen molar-refractivity contribution in [3.05, 3.63) is 47.3 Å². The molecule has 1 aromatic carbocycles. The van der Waals surface area contributed by atoms with Crippen molar-refractivity contribution in [3.8, 4) is 0 Å². The largest absolute Gasteiger partial charge is 0.478 e. The van der Waals surface area contributed by atoms with Crippen molar-refractivity contribution in [2.24, 2.45) is 5.92 Å². The normalized spacial score (nSPS) is 24.8. The molecule has 0 amide bonds. The molecule has 24 heavy (non-hydrogen) atoms. The van der Waals surface area contributed by atoms with Crippen LogP contribution in [0.15, 0.2) is 35.9 Å². The third-order valence-corrected chi connectivity index (χ3v) is 5.22. The predicted molar refractivity (Wildman–Crippen MR) is 91.6 cm³/mol. The van der Waals surface area contributed by atoms with Crippen molar-refractivity contribution in [2.75, 3.05) is 13.1 Å². The second-order valence-corrected chi connectivity index (χ2v) is 7.06. The quantitative estimate of drug-likeness (QED) is 0.634. The Morgan fingerprint density at radius 3 is 2.62 bits per heavy atom. The fraction of sp³-hybridized carbons (Fsp3) is 0.444. The maximum Gasteiger partial charge on any atom is 0.328 e. The standard InChI is InChI=1S/C18H20FNO3S/c19-14-4-2-1-3-13(14)17(18(23)11-5-6-11)20-8-7-15(24)12(10-20)9-16(21)22/h1-4,9,11,15,17,24H,5-8,10H2,(H,21,22)/b12-9-/t15-,17+/m1/s1. The number of benzene rings is 1. The molecule has 1 aromatic rings. The van der Waals surface area contributed by atoms with Crippen molar-refractivity contribution in [3.63, 3.8) is 0 Å². The number of rotatable bonds is 5. The lowest BCUT2D eigenvalue weighted by atomic mass is 9.93. The molecular weight excluding hydrogens is 329 g/mol. The zero-order valence-electron chi connectivity index (χ0n) is 13.2. The number of likely N-dealkylation sites (tertiary alicyclic amines) is 1. The van der Waals surface area contributed by atoms with Crippen LogP contribution in [0.3, 0.4) is 0 Å². The molecule has 2 aliphatic rings. The molecule has 6 heteroatoms. The van der Waals surface area contributed by atoms with Crippen LogP contribution in [0.2, 0.25) is 0 Å². The highest BCUT2D eigenvalue weighted by Crippen LogP contribution is 2.39. The number of thiol groups is 1. The Balaban J connectivity index is 1.92. The van der Waals surface area contributed by atoms with E-state index in [1.165, 1.54) is 6.07 Å². The highest BCUT2D eigenvalue weighted by Gasteiger charge is 2.40. The van der Waals surface area contributed by atoms with E-state index in [9.17, 15) is 14.0 Å². The number of carbonyl (C=O) groups excluding carboxylic acids is 1.